The first-order valence-electron chi connectivity index (χ1n) is 15.8. The van der Waals surface area contributed by atoms with Crippen LogP contribution in [-0.2, 0) is 16.1 Å². The van der Waals surface area contributed by atoms with Crippen molar-refractivity contribution in [2.75, 3.05) is 6.61 Å². The van der Waals surface area contributed by atoms with E-state index in [2.05, 4.69) is 58.0 Å². The second-order valence-electron chi connectivity index (χ2n) is 14.7. The molecule has 4 saturated carbocycles. The van der Waals surface area contributed by atoms with Crippen LogP contribution in [0.1, 0.15) is 91.0 Å². The van der Waals surface area contributed by atoms with Crippen LogP contribution in [0.3, 0.4) is 0 Å². The smallest absolute Gasteiger partial charge is 0.0720 e. The van der Waals surface area contributed by atoms with E-state index < -0.39 is 0 Å². The van der Waals surface area contributed by atoms with Crippen LogP contribution in [0, 0.1) is 52.3 Å². The Morgan fingerprint density at radius 2 is 1.76 bits per heavy atom. The molecule has 38 heavy (non-hydrogen) atoms. The molecule has 1 aromatic rings. The molecule has 4 nitrogen and oxygen atoms in total. The summed E-state index contributed by atoms with van der Waals surface area (Å²) in [7, 11) is 0. The summed E-state index contributed by atoms with van der Waals surface area (Å²) in [6, 6.07) is 10.5. The molecule has 4 heteroatoms. The Morgan fingerprint density at radius 3 is 2.53 bits per heavy atom. The molecule has 0 spiro atoms. The van der Waals surface area contributed by atoms with Gasteiger partial charge in [-0.05, 0) is 116 Å². The summed E-state index contributed by atoms with van der Waals surface area (Å²) in [6.45, 7) is 10.7. The van der Waals surface area contributed by atoms with E-state index >= 15 is 0 Å². The number of ether oxygens (including phenoxy) is 2. The van der Waals surface area contributed by atoms with Crippen LogP contribution in [0.2, 0.25) is 0 Å². The van der Waals surface area contributed by atoms with Crippen molar-refractivity contribution >= 4 is 0 Å². The van der Waals surface area contributed by atoms with Crippen LogP contribution in [0.15, 0.2) is 30.3 Å². The third-order valence-electron chi connectivity index (χ3n) is 12.8. The number of aliphatic hydroxyl groups excluding tert-OH is 2. The van der Waals surface area contributed by atoms with Crippen molar-refractivity contribution in [3.63, 3.8) is 0 Å². The Hall–Kier alpha value is -0.940. The van der Waals surface area contributed by atoms with Gasteiger partial charge in [-0.25, -0.2) is 0 Å². The average Bonchev–Trinajstić information content (AvgIpc) is 3.40. The largest absolute Gasteiger partial charge is 0.396 e. The molecular weight excluding hydrogens is 472 g/mol. The maximum absolute atomic E-state index is 11.7. The number of hydrogen-bond donors (Lipinski definition) is 2. The molecule has 5 aliphatic rings. The lowest BCUT2D eigenvalue weighted by Gasteiger charge is -2.62. The van der Waals surface area contributed by atoms with Crippen molar-refractivity contribution in [1.82, 2.24) is 0 Å². The highest BCUT2D eigenvalue weighted by molar-refractivity contribution is 5.16. The summed E-state index contributed by atoms with van der Waals surface area (Å²) < 4.78 is 13.2. The standard InChI is InChI=1S/C34H52O4/c1-21(19-35)10-11-30-22(2)32-31(38-30)18-27-25-17-29(36)28-16-24(37-20-23-8-6-5-7-9-23)12-14-33(28,3)26(25)13-15-34(27,32)4/h5-9,21-22,24-32,35-36H,10-20H2,1-4H3/t21-,22-,24+,25-,26+,27+,28-,29+,30-,31+,32+,33-,34+/m1/s1. The Kier molecular flexibility index (Phi) is 7.51. The molecule has 5 fully saturated rings. The van der Waals surface area contributed by atoms with Gasteiger partial charge in [0, 0.05) is 6.61 Å². The minimum Gasteiger partial charge on any atom is -0.396 e. The number of benzene rings is 1. The summed E-state index contributed by atoms with van der Waals surface area (Å²) >= 11 is 0. The van der Waals surface area contributed by atoms with E-state index in [0.29, 0.717) is 59.7 Å². The lowest BCUT2D eigenvalue weighted by molar-refractivity contribution is -0.179. The molecule has 1 aromatic carbocycles. The molecule has 13 atom stereocenters. The Balaban J connectivity index is 1.13. The average molecular weight is 525 g/mol. The van der Waals surface area contributed by atoms with Crippen LogP contribution in [0.5, 0.6) is 0 Å². The second kappa shape index (κ2) is 10.5. The molecule has 0 unspecified atom stereocenters. The molecule has 0 radical (unpaired) electrons. The van der Waals surface area contributed by atoms with Crippen LogP contribution in [0.4, 0.5) is 0 Å². The van der Waals surface area contributed by atoms with E-state index in [-0.39, 0.29) is 24.2 Å². The van der Waals surface area contributed by atoms with Gasteiger partial charge in [-0.1, -0.05) is 58.0 Å². The van der Waals surface area contributed by atoms with Gasteiger partial charge < -0.3 is 19.7 Å². The molecule has 0 amide bonds. The number of fused-ring (bicyclic) bond motifs is 7. The van der Waals surface area contributed by atoms with Gasteiger partial charge in [0.25, 0.3) is 0 Å². The third-order valence-corrected chi connectivity index (χ3v) is 12.8. The first-order chi connectivity index (χ1) is 18.2. The van der Waals surface area contributed by atoms with E-state index in [4.69, 9.17) is 9.47 Å². The molecule has 1 heterocycles. The summed E-state index contributed by atoms with van der Waals surface area (Å²) in [5, 5.41) is 21.1. The van der Waals surface area contributed by atoms with Gasteiger partial charge in [0.1, 0.15) is 0 Å². The fourth-order valence-corrected chi connectivity index (χ4v) is 10.8. The number of hydrogen-bond acceptors (Lipinski definition) is 4. The monoisotopic (exact) mass is 524 g/mol. The third kappa shape index (κ3) is 4.50. The van der Waals surface area contributed by atoms with Gasteiger partial charge in [-0.2, -0.15) is 0 Å². The van der Waals surface area contributed by atoms with Crippen molar-refractivity contribution in [3.05, 3.63) is 35.9 Å². The van der Waals surface area contributed by atoms with Crippen molar-refractivity contribution in [2.24, 2.45) is 52.3 Å². The first-order valence-corrected chi connectivity index (χ1v) is 15.8. The van der Waals surface area contributed by atoms with Crippen molar-refractivity contribution in [2.45, 2.75) is 117 Å². The summed E-state index contributed by atoms with van der Waals surface area (Å²) in [5.74, 6) is 3.98. The highest BCUT2D eigenvalue weighted by Gasteiger charge is 2.66. The van der Waals surface area contributed by atoms with Crippen molar-refractivity contribution in [1.29, 1.82) is 0 Å². The number of aliphatic hydroxyl groups is 2. The van der Waals surface area contributed by atoms with Gasteiger partial charge in [0.15, 0.2) is 0 Å². The Labute approximate surface area is 230 Å². The zero-order chi connectivity index (χ0) is 26.7. The highest BCUT2D eigenvalue weighted by atomic mass is 16.5. The lowest BCUT2D eigenvalue weighted by Crippen LogP contribution is -2.58. The molecular formula is C34H52O4. The zero-order valence-corrected chi connectivity index (χ0v) is 24.2. The maximum atomic E-state index is 11.7. The van der Waals surface area contributed by atoms with Crippen LogP contribution in [-0.4, -0.2) is 41.2 Å². The van der Waals surface area contributed by atoms with E-state index in [1.54, 1.807) is 0 Å². The zero-order valence-electron chi connectivity index (χ0n) is 24.2. The fraction of sp³-hybridized carbons (Fsp3) is 0.824. The van der Waals surface area contributed by atoms with Crippen molar-refractivity contribution in [3.8, 4) is 0 Å². The molecule has 212 valence electrons. The topological polar surface area (TPSA) is 58.9 Å². The normalized spacial score (nSPS) is 48.6. The minimum atomic E-state index is -0.210. The van der Waals surface area contributed by atoms with Crippen LogP contribution in [0.25, 0.3) is 0 Å². The van der Waals surface area contributed by atoms with Gasteiger partial charge in [-0.15, -0.1) is 0 Å². The van der Waals surface area contributed by atoms with Gasteiger partial charge >= 0.3 is 0 Å². The van der Waals surface area contributed by atoms with E-state index in [9.17, 15) is 10.2 Å². The SMILES string of the molecule is C[C@@H](CO)CC[C@H]1O[C@H]2C[C@H]3[C@@H]4C[C@H](O)[C@H]5C[C@@H](OCc6ccccc6)CC[C@]5(C)[C@H]4CC[C@]3(C)[C@H]2[C@@H]1C. The summed E-state index contributed by atoms with van der Waals surface area (Å²) in [6.07, 6.45) is 11.0. The molecule has 2 N–H and O–H groups in total. The number of rotatable bonds is 7. The Morgan fingerprint density at radius 1 is 1.00 bits per heavy atom. The highest BCUT2D eigenvalue weighted by Crippen LogP contribution is 2.70. The first kappa shape index (κ1) is 27.2. The molecule has 1 saturated heterocycles. The molecule has 0 aromatic heterocycles. The van der Waals surface area contributed by atoms with Crippen LogP contribution >= 0.6 is 0 Å². The van der Waals surface area contributed by atoms with Gasteiger partial charge in [0.05, 0.1) is 31.0 Å². The Bertz CT molecular complexity index is 951. The van der Waals surface area contributed by atoms with E-state index in [1.165, 1.54) is 31.2 Å². The molecule has 1 aliphatic heterocycles. The van der Waals surface area contributed by atoms with Crippen molar-refractivity contribution < 1.29 is 19.7 Å². The molecule has 4 aliphatic carbocycles. The van der Waals surface area contributed by atoms with E-state index in [0.717, 1.165) is 38.0 Å². The van der Waals surface area contributed by atoms with Crippen LogP contribution < -0.4 is 0 Å². The fourth-order valence-electron chi connectivity index (χ4n) is 10.8. The predicted octanol–water partition coefficient (Wildman–Crippen LogP) is 6.62. The van der Waals surface area contributed by atoms with E-state index in [1.807, 2.05) is 0 Å². The van der Waals surface area contributed by atoms with Gasteiger partial charge in [0.2, 0.25) is 0 Å². The molecule has 0 bridgehead atoms. The summed E-state index contributed by atoms with van der Waals surface area (Å²) in [4.78, 5) is 0. The quantitative estimate of drug-likeness (QED) is 0.421. The minimum absolute atomic E-state index is 0.210. The lowest BCUT2D eigenvalue weighted by atomic mass is 9.43. The molecule has 6 rings (SSSR count). The predicted molar refractivity (Wildman–Crippen MR) is 150 cm³/mol. The van der Waals surface area contributed by atoms with Gasteiger partial charge in [-0.3, -0.25) is 0 Å². The maximum Gasteiger partial charge on any atom is 0.0720 e. The second-order valence-corrected chi connectivity index (χ2v) is 14.7. The summed E-state index contributed by atoms with van der Waals surface area (Å²) in [5.41, 5.74) is 1.80.